The molecule has 1 aliphatic rings. The largest absolute Gasteiger partial charge is 0.372 e. The summed E-state index contributed by atoms with van der Waals surface area (Å²) >= 11 is 0. The Kier molecular flexibility index (Phi) is 3.87. The van der Waals surface area contributed by atoms with Crippen LogP contribution in [0.4, 0.5) is 11.4 Å². The molecule has 1 aromatic carbocycles. The van der Waals surface area contributed by atoms with E-state index in [1.54, 1.807) is 0 Å². The summed E-state index contributed by atoms with van der Waals surface area (Å²) in [6.07, 6.45) is 1.12. The summed E-state index contributed by atoms with van der Waals surface area (Å²) in [7, 11) is 1.81. The van der Waals surface area contributed by atoms with Crippen molar-refractivity contribution in [2.75, 3.05) is 30.4 Å². The van der Waals surface area contributed by atoms with Crippen LogP contribution in [0.1, 0.15) is 31.9 Å². The second kappa shape index (κ2) is 5.40. The zero-order valence-electron chi connectivity index (χ0n) is 11.3. The third kappa shape index (κ3) is 2.20. The van der Waals surface area contributed by atoms with Crippen molar-refractivity contribution in [2.24, 2.45) is 0 Å². The van der Waals surface area contributed by atoms with Gasteiger partial charge >= 0.3 is 0 Å². The molecular formula is C14H21N3O. The number of carbonyl (C=O) groups excluding carboxylic acids is 1. The van der Waals surface area contributed by atoms with Crippen molar-refractivity contribution < 1.29 is 4.79 Å². The molecule has 4 nitrogen and oxygen atoms in total. The Bertz CT molecular complexity index is 445. The highest BCUT2D eigenvalue weighted by molar-refractivity contribution is 6.03. The predicted molar refractivity (Wildman–Crippen MR) is 75.1 cm³/mol. The summed E-state index contributed by atoms with van der Waals surface area (Å²) < 4.78 is 0. The fourth-order valence-corrected chi connectivity index (χ4v) is 2.47. The van der Waals surface area contributed by atoms with E-state index < -0.39 is 0 Å². The maximum Gasteiger partial charge on any atom is 0.246 e. The van der Waals surface area contributed by atoms with Crippen LogP contribution in [0.5, 0.6) is 0 Å². The Labute approximate surface area is 108 Å². The topological polar surface area (TPSA) is 44.4 Å². The average molecular weight is 247 g/mol. The number of benzene rings is 1. The van der Waals surface area contributed by atoms with Gasteiger partial charge in [0, 0.05) is 30.0 Å². The number of nitrogens with one attached hydrogen (secondary N) is 2. The molecule has 0 aliphatic carbocycles. The van der Waals surface area contributed by atoms with Crippen LogP contribution >= 0.6 is 0 Å². The highest BCUT2D eigenvalue weighted by Crippen LogP contribution is 2.33. The maximum atomic E-state index is 11.8. The lowest BCUT2D eigenvalue weighted by molar-refractivity contribution is -0.117. The smallest absolute Gasteiger partial charge is 0.246 e. The number of anilines is 2. The highest BCUT2D eigenvalue weighted by atomic mass is 16.2. The summed E-state index contributed by atoms with van der Waals surface area (Å²) in [5, 5.41) is 5.96. The first-order valence-electron chi connectivity index (χ1n) is 6.58. The minimum Gasteiger partial charge on any atom is -0.372 e. The summed E-state index contributed by atoms with van der Waals surface area (Å²) in [6.45, 7) is 6.35. The van der Waals surface area contributed by atoms with Crippen LogP contribution < -0.4 is 15.5 Å². The minimum absolute atomic E-state index is 0.0307. The molecule has 1 heterocycles. The van der Waals surface area contributed by atoms with Gasteiger partial charge in [0.1, 0.15) is 6.04 Å². The molecule has 1 aliphatic heterocycles. The molecule has 4 heteroatoms. The second-order valence-electron chi connectivity index (χ2n) is 4.56. The zero-order chi connectivity index (χ0) is 13.1. The van der Waals surface area contributed by atoms with E-state index in [2.05, 4.69) is 41.5 Å². The molecule has 0 spiro atoms. The molecule has 1 aromatic rings. The van der Waals surface area contributed by atoms with Crippen molar-refractivity contribution in [3.63, 3.8) is 0 Å². The van der Waals surface area contributed by atoms with Crippen LogP contribution in [0, 0.1) is 0 Å². The van der Waals surface area contributed by atoms with E-state index in [1.165, 1.54) is 5.69 Å². The number of likely N-dealkylation sites (N-methyl/N-ethyl adjacent to an activating group) is 1. The van der Waals surface area contributed by atoms with Crippen molar-refractivity contribution in [1.29, 1.82) is 0 Å². The average Bonchev–Trinajstić information content (AvgIpc) is 2.70. The third-order valence-electron chi connectivity index (χ3n) is 3.40. The van der Waals surface area contributed by atoms with E-state index in [0.717, 1.165) is 30.8 Å². The monoisotopic (exact) mass is 247 g/mol. The zero-order valence-corrected chi connectivity index (χ0v) is 11.3. The molecule has 18 heavy (non-hydrogen) atoms. The van der Waals surface area contributed by atoms with E-state index in [9.17, 15) is 4.79 Å². The molecule has 0 aromatic heterocycles. The normalized spacial score (nSPS) is 17.5. The molecule has 0 saturated carbocycles. The first kappa shape index (κ1) is 12.9. The number of amides is 1. The van der Waals surface area contributed by atoms with Gasteiger partial charge in [-0.15, -0.1) is 0 Å². The van der Waals surface area contributed by atoms with Crippen molar-refractivity contribution in [3.8, 4) is 0 Å². The van der Waals surface area contributed by atoms with E-state index in [0.29, 0.717) is 0 Å². The number of nitrogens with zero attached hydrogens (tertiary/aromatic N) is 1. The van der Waals surface area contributed by atoms with Gasteiger partial charge in [-0.3, -0.25) is 4.79 Å². The molecule has 1 amide bonds. The van der Waals surface area contributed by atoms with E-state index in [4.69, 9.17) is 0 Å². The van der Waals surface area contributed by atoms with E-state index in [1.807, 2.05) is 13.1 Å². The molecule has 1 atom stereocenters. The fourth-order valence-electron chi connectivity index (χ4n) is 2.47. The number of hydrogen-bond donors (Lipinski definition) is 2. The van der Waals surface area contributed by atoms with Gasteiger partial charge in [-0.2, -0.15) is 0 Å². The van der Waals surface area contributed by atoms with Gasteiger partial charge in [-0.05, 0) is 32.5 Å². The molecule has 1 unspecified atom stereocenters. The third-order valence-corrected chi connectivity index (χ3v) is 3.40. The lowest BCUT2D eigenvalue weighted by Gasteiger charge is -2.23. The van der Waals surface area contributed by atoms with Crippen molar-refractivity contribution >= 4 is 17.3 Å². The SMILES string of the molecule is CCCN(CC)c1ccc2c(c1)NC(=O)C2NC. The molecular weight excluding hydrogens is 226 g/mol. The number of hydrogen-bond acceptors (Lipinski definition) is 3. The van der Waals surface area contributed by atoms with Gasteiger partial charge in [0.25, 0.3) is 0 Å². The summed E-state index contributed by atoms with van der Waals surface area (Å²) in [5.41, 5.74) is 3.15. The van der Waals surface area contributed by atoms with Gasteiger partial charge in [0.2, 0.25) is 5.91 Å². The number of rotatable bonds is 5. The molecule has 0 saturated heterocycles. The molecule has 0 radical (unpaired) electrons. The van der Waals surface area contributed by atoms with Crippen molar-refractivity contribution in [2.45, 2.75) is 26.3 Å². The van der Waals surface area contributed by atoms with Gasteiger partial charge in [-0.1, -0.05) is 13.0 Å². The Morgan fingerprint density at radius 1 is 1.39 bits per heavy atom. The van der Waals surface area contributed by atoms with Crippen LogP contribution in [0.3, 0.4) is 0 Å². The van der Waals surface area contributed by atoms with Crippen molar-refractivity contribution in [1.82, 2.24) is 5.32 Å². The summed E-state index contributed by atoms with van der Waals surface area (Å²) in [6, 6.07) is 6.00. The molecule has 2 N–H and O–H groups in total. The molecule has 0 bridgehead atoms. The van der Waals surface area contributed by atoms with Crippen LogP contribution in [0.25, 0.3) is 0 Å². The van der Waals surface area contributed by atoms with Gasteiger partial charge in [-0.25, -0.2) is 0 Å². The lowest BCUT2D eigenvalue weighted by Crippen LogP contribution is -2.23. The quantitative estimate of drug-likeness (QED) is 0.838. The standard InChI is InChI=1S/C14H21N3O/c1-4-8-17(5-2)10-6-7-11-12(9-10)16-14(18)13(11)15-3/h6-7,9,13,15H,4-5,8H2,1-3H3,(H,16,18). The molecule has 2 rings (SSSR count). The Balaban J connectivity index is 2.29. The Morgan fingerprint density at radius 2 is 2.17 bits per heavy atom. The van der Waals surface area contributed by atoms with Crippen LogP contribution in [0.2, 0.25) is 0 Å². The molecule has 98 valence electrons. The van der Waals surface area contributed by atoms with E-state index in [-0.39, 0.29) is 11.9 Å². The molecule has 0 fully saturated rings. The maximum absolute atomic E-state index is 11.8. The summed E-state index contributed by atoms with van der Waals surface area (Å²) in [5.74, 6) is 0.0307. The van der Waals surface area contributed by atoms with Crippen LogP contribution in [-0.2, 0) is 4.79 Å². The van der Waals surface area contributed by atoms with Gasteiger partial charge < -0.3 is 15.5 Å². The van der Waals surface area contributed by atoms with Crippen molar-refractivity contribution in [3.05, 3.63) is 23.8 Å². The van der Waals surface area contributed by atoms with Gasteiger partial charge in [0.05, 0.1) is 0 Å². The lowest BCUT2D eigenvalue weighted by atomic mass is 10.1. The van der Waals surface area contributed by atoms with Crippen LogP contribution in [-0.4, -0.2) is 26.0 Å². The first-order valence-corrected chi connectivity index (χ1v) is 6.58. The number of carbonyl (C=O) groups is 1. The van der Waals surface area contributed by atoms with Gasteiger partial charge in [0.15, 0.2) is 0 Å². The predicted octanol–water partition coefficient (Wildman–Crippen LogP) is 2.14. The second-order valence-corrected chi connectivity index (χ2v) is 4.56. The Morgan fingerprint density at radius 3 is 2.78 bits per heavy atom. The Hall–Kier alpha value is -1.55. The summed E-state index contributed by atoms with van der Waals surface area (Å²) in [4.78, 5) is 14.1. The van der Waals surface area contributed by atoms with E-state index >= 15 is 0 Å². The fraction of sp³-hybridized carbons (Fsp3) is 0.500. The number of fused-ring (bicyclic) bond motifs is 1. The first-order chi connectivity index (χ1) is 8.71. The minimum atomic E-state index is -0.213. The highest BCUT2D eigenvalue weighted by Gasteiger charge is 2.29. The van der Waals surface area contributed by atoms with Crippen LogP contribution in [0.15, 0.2) is 18.2 Å².